The molecule has 0 saturated heterocycles. The Morgan fingerprint density at radius 3 is 2.48 bits per heavy atom. The van der Waals surface area contributed by atoms with Gasteiger partial charge in [-0.1, -0.05) is 30.3 Å². The highest BCUT2D eigenvalue weighted by molar-refractivity contribution is 14.0. The Morgan fingerprint density at radius 1 is 1.04 bits per heavy atom. The fourth-order valence-electron chi connectivity index (χ4n) is 2.25. The quantitative estimate of drug-likeness (QED) is 0.364. The van der Waals surface area contributed by atoms with E-state index in [-0.39, 0.29) is 24.0 Å². The minimum Gasteiger partial charge on any atom is -0.377 e. The molecule has 0 unspecified atom stereocenters. The Balaban J connectivity index is 0.00000312. The van der Waals surface area contributed by atoms with Crippen LogP contribution in [0.25, 0.3) is 0 Å². The molecule has 6 heteroatoms. The van der Waals surface area contributed by atoms with Crippen molar-refractivity contribution in [2.75, 3.05) is 13.2 Å². The van der Waals surface area contributed by atoms with Gasteiger partial charge in [0, 0.05) is 19.3 Å². The van der Waals surface area contributed by atoms with Crippen LogP contribution in [0.3, 0.4) is 0 Å². The van der Waals surface area contributed by atoms with E-state index in [1.807, 2.05) is 37.3 Å². The predicted octanol–water partition coefficient (Wildman–Crippen LogP) is 3.49. The Morgan fingerprint density at radius 2 is 1.80 bits per heavy atom. The molecule has 1 aromatic heterocycles. The number of aromatic nitrogens is 1. The van der Waals surface area contributed by atoms with Crippen LogP contribution in [0.15, 0.2) is 53.7 Å². The lowest BCUT2D eigenvalue weighted by Gasteiger charge is -2.12. The van der Waals surface area contributed by atoms with Gasteiger partial charge in [0.2, 0.25) is 0 Å². The number of guanidine groups is 1. The molecule has 5 nitrogen and oxygen atoms in total. The molecule has 0 spiro atoms. The lowest BCUT2D eigenvalue weighted by molar-refractivity contribution is 0.133. The summed E-state index contributed by atoms with van der Waals surface area (Å²) in [6.45, 7) is 7.47. The Kier molecular flexibility index (Phi) is 10.8. The fourth-order valence-corrected chi connectivity index (χ4v) is 2.25. The van der Waals surface area contributed by atoms with Crippen LogP contribution in [0, 0.1) is 0 Å². The highest BCUT2D eigenvalue weighted by Gasteiger charge is 2.03. The highest BCUT2D eigenvalue weighted by atomic mass is 127. The lowest BCUT2D eigenvalue weighted by Crippen LogP contribution is -2.37. The first kappa shape index (κ1) is 21.4. The maximum absolute atomic E-state index is 5.53. The number of rotatable bonds is 8. The minimum absolute atomic E-state index is 0. The molecular weight excluding hydrogens is 427 g/mol. The molecule has 0 radical (unpaired) electrons. The van der Waals surface area contributed by atoms with Gasteiger partial charge in [-0.05, 0) is 37.1 Å². The van der Waals surface area contributed by atoms with Crippen LogP contribution in [-0.2, 0) is 24.4 Å². The van der Waals surface area contributed by atoms with E-state index in [4.69, 9.17) is 4.74 Å². The summed E-state index contributed by atoms with van der Waals surface area (Å²) in [7, 11) is 0. The molecule has 1 aromatic carbocycles. The van der Waals surface area contributed by atoms with Gasteiger partial charge in [0.25, 0.3) is 0 Å². The lowest BCUT2D eigenvalue weighted by atomic mass is 10.1. The van der Waals surface area contributed by atoms with Gasteiger partial charge in [-0.25, -0.2) is 4.99 Å². The monoisotopic (exact) mass is 454 g/mol. The summed E-state index contributed by atoms with van der Waals surface area (Å²) in [5.74, 6) is 0.786. The fraction of sp³-hybridized carbons (Fsp3) is 0.368. The molecule has 0 aliphatic heterocycles. The van der Waals surface area contributed by atoms with Crippen LogP contribution < -0.4 is 10.6 Å². The van der Waals surface area contributed by atoms with Gasteiger partial charge in [0.05, 0.1) is 25.4 Å². The molecule has 25 heavy (non-hydrogen) atoms. The second-order valence-electron chi connectivity index (χ2n) is 5.28. The molecule has 0 atom stereocenters. The number of nitrogens with one attached hydrogen (secondary N) is 2. The molecule has 0 saturated carbocycles. The zero-order valence-electron chi connectivity index (χ0n) is 14.9. The van der Waals surface area contributed by atoms with Crippen molar-refractivity contribution in [3.05, 3.63) is 65.5 Å². The summed E-state index contributed by atoms with van der Waals surface area (Å²) >= 11 is 0. The van der Waals surface area contributed by atoms with Crippen LogP contribution in [-0.4, -0.2) is 24.1 Å². The van der Waals surface area contributed by atoms with Gasteiger partial charge in [0.15, 0.2) is 5.96 Å². The standard InChI is InChI=1S/C19H26N4O.HI/c1-3-20-19(23-14-18-11-7-8-12-21-18)22-13-16-9-5-6-10-17(16)15-24-4-2;/h5-12H,3-4,13-15H2,1-2H3,(H2,20,22,23);1H. The van der Waals surface area contributed by atoms with Crippen molar-refractivity contribution >= 4 is 29.9 Å². The maximum atomic E-state index is 5.53. The number of benzene rings is 1. The van der Waals surface area contributed by atoms with Crippen LogP contribution in [0.1, 0.15) is 30.7 Å². The second-order valence-corrected chi connectivity index (χ2v) is 5.28. The van der Waals surface area contributed by atoms with Crippen molar-refractivity contribution in [2.45, 2.75) is 33.5 Å². The van der Waals surface area contributed by atoms with Gasteiger partial charge < -0.3 is 15.4 Å². The summed E-state index contributed by atoms with van der Waals surface area (Å²) in [6, 6.07) is 14.2. The smallest absolute Gasteiger partial charge is 0.191 e. The van der Waals surface area contributed by atoms with Gasteiger partial charge in [-0.2, -0.15) is 0 Å². The van der Waals surface area contributed by atoms with Crippen LogP contribution in [0.2, 0.25) is 0 Å². The molecule has 136 valence electrons. The summed E-state index contributed by atoms with van der Waals surface area (Å²) in [5, 5.41) is 6.58. The topological polar surface area (TPSA) is 58.5 Å². The van der Waals surface area contributed by atoms with Crippen molar-refractivity contribution in [1.82, 2.24) is 15.6 Å². The summed E-state index contributed by atoms with van der Waals surface area (Å²) in [6.07, 6.45) is 1.80. The van der Waals surface area contributed by atoms with E-state index < -0.39 is 0 Å². The number of halogens is 1. The Hall–Kier alpha value is -1.67. The van der Waals surface area contributed by atoms with Gasteiger partial charge in [-0.3, -0.25) is 4.98 Å². The molecule has 0 aliphatic rings. The third kappa shape index (κ3) is 7.83. The zero-order chi connectivity index (χ0) is 17.0. The van der Waals surface area contributed by atoms with Crippen molar-refractivity contribution in [2.24, 2.45) is 4.99 Å². The third-order valence-corrected chi connectivity index (χ3v) is 3.49. The van der Waals surface area contributed by atoms with Gasteiger partial charge in [0.1, 0.15) is 0 Å². The molecular formula is C19H27IN4O. The average Bonchev–Trinajstić information content (AvgIpc) is 2.64. The van der Waals surface area contributed by atoms with E-state index in [0.29, 0.717) is 26.3 Å². The maximum Gasteiger partial charge on any atom is 0.191 e. The molecule has 0 aliphatic carbocycles. The first-order valence-electron chi connectivity index (χ1n) is 8.40. The summed E-state index contributed by atoms with van der Waals surface area (Å²) in [5.41, 5.74) is 3.35. The first-order chi connectivity index (χ1) is 11.8. The second kappa shape index (κ2) is 12.7. The SMILES string of the molecule is CCNC(=NCc1ccccc1COCC)NCc1ccccn1.I. The summed E-state index contributed by atoms with van der Waals surface area (Å²) in [4.78, 5) is 8.99. The Bertz CT molecular complexity index is 634. The minimum atomic E-state index is 0. The number of hydrogen-bond acceptors (Lipinski definition) is 3. The normalized spacial score (nSPS) is 10.9. The Labute approximate surface area is 167 Å². The molecule has 0 bridgehead atoms. The van der Waals surface area contributed by atoms with E-state index >= 15 is 0 Å². The zero-order valence-corrected chi connectivity index (χ0v) is 17.2. The van der Waals surface area contributed by atoms with Crippen molar-refractivity contribution in [3.8, 4) is 0 Å². The van der Waals surface area contributed by atoms with E-state index in [1.165, 1.54) is 11.1 Å². The number of ether oxygens (including phenoxy) is 1. The molecule has 2 rings (SSSR count). The third-order valence-electron chi connectivity index (χ3n) is 3.49. The first-order valence-corrected chi connectivity index (χ1v) is 8.40. The highest BCUT2D eigenvalue weighted by Crippen LogP contribution is 2.11. The number of nitrogens with zero attached hydrogens (tertiary/aromatic N) is 2. The molecule has 2 aromatic rings. The van der Waals surface area contributed by atoms with E-state index in [2.05, 4.69) is 39.7 Å². The number of aliphatic imine (C=N–C) groups is 1. The largest absolute Gasteiger partial charge is 0.377 e. The van der Waals surface area contributed by atoms with Gasteiger partial charge >= 0.3 is 0 Å². The van der Waals surface area contributed by atoms with Crippen LogP contribution in [0.5, 0.6) is 0 Å². The number of pyridine rings is 1. The van der Waals surface area contributed by atoms with Crippen molar-refractivity contribution < 1.29 is 4.74 Å². The van der Waals surface area contributed by atoms with Crippen molar-refractivity contribution in [1.29, 1.82) is 0 Å². The van der Waals surface area contributed by atoms with E-state index in [9.17, 15) is 0 Å². The van der Waals surface area contributed by atoms with Crippen LogP contribution >= 0.6 is 24.0 Å². The van der Waals surface area contributed by atoms with Crippen LogP contribution in [0.4, 0.5) is 0 Å². The van der Waals surface area contributed by atoms with E-state index in [0.717, 1.165) is 18.2 Å². The predicted molar refractivity (Wildman–Crippen MR) is 113 cm³/mol. The molecule has 1 heterocycles. The number of hydrogen-bond donors (Lipinski definition) is 2. The molecule has 0 amide bonds. The van der Waals surface area contributed by atoms with Gasteiger partial charge in [-0.15, -0.1) is 24.0 Å². The molecule has 0 fully saturated rings. The van der Waals surface area contributed by atoms with Crippen molar-refractivity contribution in [3.63, 3.8) is 0 Å². The summed E-state index contributed by atoms with van der Waals surface area (Å²) < 4.78 is 5.53. The van der Waals surface area contributed by atoms with E-state index in [1.54, 1.807) is 6.20 Å². The molecule has 2 N–H and O–H groups in total. The average molecular weight is 454 g/mol.